The lowest BCUT2D eigenvalue weighted by Crippen LogP contribution is -2.48. The number of halogens is 2. The minimum Gasteiger partial charge on any atom is -0.444 e. The van der Waals surface area contributed by atoms with Crippen LogP contribution in [0.25, 0.3) is 11.3 Å². The Morgan fingerprint density at radius 2 is 1.67 bits per heavy atom. The van der Waals surface area contributed by atoms with Gasteiger partial charge in [-0.05, 0) is 49.9 Å². The quantitative estimate of drug-likeness (QED) is 0.259. The first-order chi connectivity index (χ1) is 25.9. The number of rotatable bonds is 12. The number of nitrogens with one attached hydrogen (secondary N) is 1. The molecule has 1 fully saturated rings. The second-order valence-corrected chi connectivity index (χ2v) is 15.9. The molecule has 0 bridgehead atoms. The standard InChI is InChI=1S/C40H48F2N6O7/c1-39(2,3)35(36-44-31(28-18-27(41)12-13-30(28)42)23-45(36)19-25-10-8-7-9-11-25)48(34(52)24-49)21-26-20-46(38(54)55-40(4,5)6)22-29(26)37(53)43-16-17-47-32(50)14-15-33(47)51/h7-15,18,23,26,29,35,49H,16-17,19-22,24H2,1-6H3,(H,43,53). The van der Waals surface area contributed by atoms with Gasteiger partial charge in [-0.1, -0.05) is 51.1 Å². The number of aliphatic hydroxyl groups is 1. The molecular weight excluding hydrogens is 714 g/mol. The molecular formula is C40H48F2N6O7. The zero-order valence-corrected chi connectivity index (χ0v) is 31.9. The van der Waals surface area contributed by atoms with Crippen LogP contribution in [0.5, 0.6) is 0 Å². The van der Waals surface area contributed by atoms with Crippen LogP contribution in [0.4, 0.5) is 13.6 Å². The van der Waals surface area contributed by atoms with Crippen molar-refractivity contribution in [1.82, 2.24) is 29.6 Å². The molecule has 1 aromatic heterocycles. The predicted molar refractivity (Wildman–Crippen MR) is 198 cm³/mol. The average Bonchev–Trinajstić information content (AvgIpc) is 3.81. The summed E-state index contributed by atoms with van der Waals surface area (Å²) in [6, 6.07) is 11.6. The number of carbonyl (C=O) groups is 5. The number of imide groups is 1. The topological polar surface area (TPSA) is 154 Å². The fourth-order valence-corrected chi connectivity index (χ4v) is 6.97. The normalized spacial score (nSPS) is 17.8. The number of benzene rings is 2. The van der Waals surface area contributed by atoms with Crippen molar-refractivity contribution in [1.29, 1.82) is 0 Å². The zero-order chi connectivity index (χ0) is 40.2. The summed E-state index contributed by atoms with van der Waals surface area (Å²) in [5.74, 6) is -4.70. The minimum absolute atomic E-state index is 0.0182. The van der Waals surface area contributed by atoms with Gasteiger partial charge in [0.1, 0.15) is 29.7 Å². The van der Waals surface area contributed by atoms with Crippen LogP contribution < -0.4 is 5.32 Å². The van der Waals surface area contributed by atoms with E-state index in [1.807, 2.05) is 51.1 Å². The predicted octanol–water partition coefficient (Wildman–Crippen LogP) is 4.31. The van der Waals surface area contributed by atoms with Crippen LogP contribution in [-0.4, -0.2) is 104 Å². The fourth-order valence-electron chi connectivity index (χ4n) is 6.97. The zero-order valence-electron chi connectivity index (χ0n) is 31.9. The molecule has 2 aliphatic rings. The number of aliphatic hydroxyl groups excluding tert-OH is 1. The number of ether oxygens (including phenoxy) is 1. The molecule has 2 aliphatic heterocycles. The minimum atomic E-state index is -0.889. The monoisotopic (exact) mass is 762 g/mol. The van der Waals surface area contributed by atoms with Crippen LogP contribution in [0, 0.1) is 28.9 Å². The Morgan fingerprint density at radius 3 is 2.29 bits per heavy atom. The van der Waals surface area contributed by atoms with E-state index >= 15 is 4.39 Å². The van der Waals surface area contributed by atoms with Gasteiger partial charge in [0.05, 0.1) is 17.7 Å². The number of hydrogen-bond acceptors (Lipinski definition) is 8. The number of hydrogen-bond donors (Lipinski definition) is 2. The Morgan fingerprint density at radius 1 is 1.00 bits per heavy atom. The molecule has 15 heteroatoms. The first-order valence-electron chi connectivity index (χ1n) is 18.1. The van der Waals surface area contributed by atoms with Crippen LogP contribution in [0.1, 0.15) is 59.0 Å². The molecule has 13 nitrogen and oxygen atoms in total. The third-order valence-corrected chi connectivity index (χ3v) is 9.44. The summed E-state index contributed by atoms with van der Waals surface area (Å²) in [5.41, 5.74) is -0.691. The lowest BCUT2D eigenvalue weighted by atomic mass is 9.83. The lowest BCUT2D eigenvalue weighted by molar-refractivity contribution is -0.141. The summed E-state index contributed by atoms with van der Waals surface area (Å²) in [6.07, 6.45) is 3.25. The highest BCUT2D eigenvalue weighted by Crippen LogP contribution is 2.41. The Kier molecular flexibility index (Phi) is 12.2. The number of amides is 5. The highest BCUT2D eigenvalue weighted by atomic mass is 19.1. The Bertz CT molecular complexity index is 1930. The summed E-state index contributed by atoms with van der Waals surface area (Å²) >= 11 is 0. The third kappa shape index (κ3) is 9.82. The highest BCUT2D eigenvalue weighted by Gasteiger charge is 2.46. The van der Waals surface area contributed by atoms with Crippen molar-refractivity contribution in [2.24, 2.45) is 17.3 Å². The first-order valence-corrected chi connectivity index (χ1v) is 18.1. The van der Waals surface area contributed by atoms with Crippen molar-refractivity contribution in [2.75, 3.05) is 39.3 Å². The molecule has 3 unspecified atom stereocenters. The maximum Gasteiger partial charge on any atom is 0.410 e. The molecule has 3 heterocycles. The summed E-state index contributed by atoms with van der Waals surface area (Å²) < 4.78 is 37.0. The summed E-state index contributed by atoms with van der Waals surface area (Å²) in [5, 5.41) is 13.1. The van der Waals surface area contributed by atoms with Crippen molar-refractivity contribution in [3.05, 3.63) is 89.9 Å². The van der Waals surface area contributed by atoms with Gasteiger partial charge in [-0.3, -0.25) is 24.1 Å². The second kappa shape index (κ2) is 16.5. The molecule has 0 aliphatic carbocycles. The number of carbonyl (C=O) groups excluding carboxylic acids is 5. The van der Waals surface area contributed by atoms with E-state index in [1.54, 1.807) is 31.5 Å². The smallest absolute Gasteiger partial charge is 0.410 e. The van der Waals surface area contributed by atoms with Crippen molar-refractivity contribution in [3.63, 3.8) is 0 Å². The number of nitrogens with zero attached hydrogens (tertiary/aromatic N) is 5. The SMILES string of the molecule is CC(C)(C)OC(=O)N1CC(CN(C(=O)CO)C(c2nc(-c3cc(F)ccc3F)cn2Cc2ccccc2)C(C)(C)C)C(C(=O)NCCN2C(=O)C=CC2=O)C1. The number of aromatic nitrogens is 2. The molecule has 5 rings (SSSR count). The van der Waals surface area contributed by atoms with Gasteiger partial charge in [-0.25, -0.2) is 18.6 Å². The van der Waals surface area contributed by atoms with Crippen molar-refractivity contribution in [2.45, 2.75) is 59.7 Å². The Balaban J connectivity index is 1.53. The number of imidazole rings is 1. The molecule has 2 N–H and O–H groups in total. The third-order valence-electron chi connectivity index (χ3n) is 9.44. The van der Waals surface area contributed by atoms with Crippen LogP contribution >= 0.6 is 0 Å². The van der Waals surface area contributed by atoms with Gasteiger partial charge in [-0.2, -0.15) is 0 Å². The van der Waals surface area contributed by atoms with Gasteiger partial charge in [-0.15, -0.1) is 0 Å². The van der Waals surface area contributed by atoms with E-state index in [2.05, 4.69) is 5.32 Å². The molecule has 3 aromatic rings. The van der Waals surface area contributed by atoms with E-state index < -0.39 is 76.9 Å². The summed E-state index contributed by atoms with van der Waals surface area (Å²) in [6.45, 7) is 9.88. The van der Waals surface area contributed by atoms with Crippen molar-refractivity contribution in [3.8, 4) is 11.3 Å². The van der Waals surface area contributed by atoms with Crippen molar-refractivity contribution < 1.29 is 42.6 Å². The van der Waals surface area contributed by atoms with Gasteiger partial charge in [0.15, 0.2) is 0 Å². The van der Waals surface area contributed by atoms with E-state index in [9.17, 15) is 33.5 Å². The van der Waals surface area contributed by atoms with Gasteiger partial charge >= 0.3 is 6.09 Å². The summed E-state index contributed by atoms with van der Waals surface area (Å²) in [7, 11) is 0. The summed E-state index contributed by atoms with van der Waals surface area (Å²) in [4.78, 5) is 73.9. The van der Waals surface area contributed by atoms with E-state index in [1.165, 1.54) is 9.80 Å². The largest absolute Gasteiger partial charge is 0.444 e. The molecule has 294 valence electrons. The van der Waals surface area contributed by atoms with Gasteiger partial charge < -0.3 is 29.5 Å². The molecule has 55 heavy (non-hydrogen) atoms. The lowest BCUT2D eigenvalue weighted by Gasteiger charge is -2.41. The van der Waals surface area contributed by atoms with E-state index in [4.69, 9.17) is 9.72 Å². The highest BCUT2D eigenvalue weighted by molar-refractivity contribution is 6.12. The Hall–Kier alpha value is -5.44. The molecule has 0 radical (unpaired) electrons. The maximum absolute atomic E-state index is 15.2. The maximum atomic E-state index is 15.2. The van der Waals surface area contributed by atoms with E-state index in [0.29, 0.717) is 5.82 Å². The average molecular weight is 763 g/mol. The second-order valence-electron chi connectivity index (χ2n) is 15.9. The molecule has 5 amide bonds. The molecule has 0 spiro atoms. The van der Waals surface area contributed by atoms with Crippen LogP contribution in [-0.2, 0) is 30.5 Å². The van der Waals surface area contributed by atoms with Gasteiger partial charge in [0.2, 0.25) is 11.8 Å². The fraction of sp³-hybridized carbons (Fsp3) is 0.450. The van der Waals surface area contributed by atoms with E-state index in [-0.39, 0.29) is 50.5 Å². The van der Waals surface area contributed by atoms with Crippen LogP contribution in [0.2, 0.25) is 0 Å². The molecule has 1 saturated heterocycles. The number of likely N-dealkylation sites (tertiary alicyclic amines) is 1. The van der Waals surface area contributed by atoms with Gasteiger partial charge in [0, 0.05) is 69.1 Å². The van der Waals surface area contributed by atoms with Crippen LogP contribution in [0.3, 0.4) is 0 Å². The van der Waals surface area contributed by atoms with Crippen LogP contribution in [0.15, 0.2) is 66.9 Å². The first kappa shape index (κ1) is 40.7. The molecule has 2 aromatic carbocycles. The molecule has 0 saturated carbocycles. The van der Waals surface area contributed by atoms with Gasteiger partial charge in [0.25, 0.3) is 11.8 Å². The van der Waals surface area contributed by atoms with E-state index in [0.717, 1.165) is 40.8 Å². The molecule has 3 atom stereocenters. The Labute approximate surface area is 318 Å². The van der Waals surface area contributed by atoms with Crippen molar-refractivity contribution >= 4 is 29.7 Å².